The van der Waals surface area contributed by atoms with E-state index in [0.717, 1.165) is 0 Å². The number of aliphatic hydroxyl groups is 2. The summed E-state index contributed by atoms with van der Waals surface area (Å²) in [6.07, 6.45) is -0.0130. The number of amides is 4. The van der Waals surface area contributed by atoms with Crippen molar-refractivity contribution in [3.05, 3.63) is 35.9 Å². The van der Waals surface area contributed by atoms with Crippen LogP contribution in [-0.2, 0) is 30.4 Å². The van der Waals surface area contributed by atoms with Crippen molar-refractivity contribution in [2.24, 2.45) is 17.6 Å². The van der Waals surface area contributed by atoms with Crippen molar-refractivity contribution in [2.75, 3.05) is 13.2 Å². The number of aliphatic hydroxyl groups excluding tert-OH is 2. The van der Waals surface area contributed by atoms with Crippen molar-refractivity contribution in [3.63, 3.8) is 0 Å². The Bertz CT molecular complexity index is 956. The maximum Gasteiger partial charge on any atom is 0.326 e. The highest BCUT2D eigenvalue weighted by Gasteiger charge is 2.33. The van der Waals surface area contributed by atoms with E-state index in [1.165, 1.54) is 0 Å². The molecule has 0 unspecified atom stereocenters. The van der Waals surface area contributed by atoms with Gasteiger partial charge in [-0.25, -0.2) is 4.79 Å². The second kappa shape index (κ2) is 15.6. The van der Waals surface area contributed by atoms with Crippen LogP contribution in [0.5, 0.6) is 0 Å². The summed E-state index contributed by atoms with van der Waals surface area (Å²) in [6, 6.07) is 2.37. The van der Waals surface area contributed by atoms with E-state index in [4.69, 9.17) is 10.8 Å². The average molecular weight is 538 g/mol. The molecule has 0 heterocycles. The van der Waals surface area contributed by atoms with Gasteiger partial charge in [0.25, 0.3) is 0 Å². The van der Waals surface area contributed by atoms with Gasteiger partial charge in [-0.2, -0.15) is 0 Å². The molecule has 0 radical (unpaired) electrons. The van der Waals surface area contributed by atoms with Crippen LogP contribution in [0.4, 0.5) is 0 Å². The van der Waals surface area contributed by atoms with Gasteiger partial charge in [-0.05, 0) is 17.4 Å². The van der Waals surface area contributed by atoms with Crippen LogP contribution in [0, 0.1) is 11.8 Å². The van der Waals surface area contributed by atoms with Crippen LogP contribution in [0.15, 0.2) is 30.3 Å². The largest absolute Gasteiger partial charge is 0.480 e. The van der Waals surface area contributed by atoms with Crippen LogP contribution in [0.1, 0.15) is 33.3 Å². The van der Waals surface area contributed by atoms with Gasteiger partial charge in [0.05, 0.1) is 13.2 Å². The number of aliphatic carboxylic acids is 1. The molecule has 1 rings (SSSR count). The molecule has 13 nitrogen and oxygen atoms in total. The van der Waals surface area contributed by atoms with Crippen molar-refractivity contribution in [3.8, 4) is 0 Å². The second-order valence-corrected chi connectivity index (χ2v) is 9.58. The van der Waals surface area contributed by atoms with E-state index in [1.807, 2.05) is 0 Å². The van der Waals surface area contributed by atoms with Gasteiger partial charge in [0, 0.05) is 6.42 Å². The smallest absolute Gasteiger partial charge is 0.326 e. The van der Waals surface area contributed by atoms with Gasteiger partial charge in [-0.1, -0.05) is 58.0 Å². The zero-order chi connectivity index (χ0) is 29.0. The Morgan fingerprint density at radius 2 is 1.18 bits per heavy atom. The Balaban J connectivity index is 2.93. The van der Waals surface area contributed by atoms with E-state index in [1.54, 1.807) is 58.0 Å². The SMILES string of the molecule is CC(C)[C@H](NC(=O)[C@@H](NC(=O)[C@@H](N)CO)C(C)C)C(=O)N[C@@H](CO)C(=O)N[C@@H](Cc1ccccc1)C(=O)O. The first-order chi connectivity index (χ1) is 17.8. The Labute approximate surface area is 221 Å². The third-order valence-electron chi connectivity index (χ3n) is 5.74. The number of rotatable bonds is 15. The summed E-state index contributed by atoms with van der Waals surface area (Å²) in [5.74, 6) is -5.29. The summed E-state index contributed by atoms with van der Waals surface area (Å²) in [7, 11) is 0. The summed E-state index contributed by atoms with van der Waals surface area (Å²) in [5.41, 5.74) is 6.17. The zero-order valence-corrected chi connectivity index (χ0v) is 22.0. The molecule has 0 saturated heterocycles. The maximum atomic E-state index is 13.0. The van der Waals surface area contributed by atoms with Gasteiger partial charge in [-0.3, -0.25) is 19.2 Å². The highest BCUT2D eigenvalue weighted by molar-refractivity contribution is 5.95. The van der Waals surface area contributed by atoms with Crippen LogP contribution < -0.4 is 27.0 Å². The monoisotopic (exact) mass is 537 g/mol. The average Bonchev–Trinajstić information content (AvgIpc) is 2.87. The molecule has 9 N–H and O–H groups in total. The topological polar surface area (TPSA) is 220 Å². The van der Waals surface area contributed by atoms with Gasteiger partial charge in [0.1, 0.15) is 30.2 Å². The maximum absolute atomic E-state index is 13.0. The van der Waals surface area contributed by atoms with E-state index in [2.05, 4.69) is 21.3 Å². The molecule has 1 aromatic rings. The number of nitrogens with one attached hydrogen (secondary N) is 4. The summed E-state index contributed by atoms with van der Waals surface area (Å²) < 4.78 is 0. The third-order valence-corrected chi connectivity index (χ3v) is 5.74. The van der Waals surface area contributed by atoms with Gasteiger partial charge < -0.3 is 42.3 Å². The van der Waals surface area contributed by atoms with E-state index < -0.39 is 84.9 Å². The molecule has 13 heteroatoms. The molecule has 1 aromatic carbocycles. The van der Waals surface area contributed by atoms with Gasteiger partial charge in [0.2, 0.25) is 23.6 Å². The summed E-state index contributed by atoms with van der Waals surface area (Å²) in [6.45, 7) is 5.18. The number of hydrogen-bond donors (Lipinski definition) is 8. The van der Waals surface area contributed by atoms with Crippen LogP contribution in [-0.4, -0.2) is 88.3 Å². The molecule has 0 aliphatic carbocycles. The lowest BCUT2D eigenvalue weighted by molar-refractivity contribution is -0.142. The Morgan fingerprint density at radius 3 is 1.63 bits per heavy atom. The third kappa shape index (κ3) is 10.1. The van der Waals surface area contributed by atoms with Gasteiger partial charge in [-0.15, -0.1) is 0 Å². The minimum absolute atomic E-state index is 0.0130. The fourth-order valence-corrected chi connectivity index (χ4v) is 3.43. The zero-order valence-electron chi connectivity index (χ0n) is 22.0. The molecule has 0 saturated carbocycles. The predicted molar refractivity (Wildman–Crippen MR) is 137 cm³/mol. The molecule has 0 fully saturated rings. The fourth-order valence-electron chi connectivity index (χ4n) is 3.43. The Hall–Kier alpha value is -3.55. The predicted octanol–water partition coefficient (Wildman–Crippen LogP) is -2.12. The molecule has 5 atom stereocenters. The van der Waals surface area contributed by atoms with Crippen LogP contribution in [0.25, 0.3) is 0 Å². The van der Waals surface area contributed by atoms with E-state index in [0.29, 0.717) is 5.56 Å². The van der Waals surface area contributed by atoms with Crippen molar-refractivity contribution in [1.82, 2.24) is 21.3 Å². The molecule has 0 aromatic heterocycles. The number of carbonyl (C=O) groups is 5. The highest BCUT2D eigenvalue weighted by atomic mass is 16.4. The van der Waals surface area contributed by atoms with E-state index in [9.17, 15) is 34.2 Å². The lowest BCUT2D eigenvalue weighted by Gasteiger charge is -2.28. The Morgan fingerprint density at radius 1 is 0.711 bits per heavy atom. The van der Waals surface area contributed by atoms with Crippen molar-refractivity contribution in [1.29, 1.82) is 0 Å². The van der Waals surface area contributed by atoms with E-state index >= 15 is 0 Å². The quantitative estimate of drug-likeness (QED) is 0.122. The van der Waals surface area contributed by atoms with Crippen LogP contribution >= 0.6 is 0 Å². The number of nitrogens with two attached hydrogens (primary N) is 1. The molecule has 212 valence electrons. The molecular formula is C25H39N5O8. The van der Waals surface area contributed by atoms with Crippen LogP contribution in [0.2, 0.25) is 0 Å². The first kappa shape index (κ1) is 32.5. The molecule has 0 spiro atoms. The fraction of sp³-hybridized carbons (Fsp3) is 0.560. The lowest BCUT2D eigenvalue weighted by atomic mass is 9.99. The highest BCUT2D eigenvalue weighted by Crippen LogP contribution is 2.08. The van der Waals surface area contributed by atoms with E-state index in [-0.39, 0.29) is 6.42 Å². The molecule has 4 amide bonds. The molecule has 0 aliphatic heterocycles. The summed E-state index contributed by atoms with van der Waals surface area (Å²) in [4.78, 5) is 62.4. The lowest BCUT2D eigenvalue weighted by Crippen LogP contribution is -2.61. The normalized spacial score (nSPS) is 15.1. The number of hydrogen-bond acceptors (Lipinski definition) is 8. The van der Waals surface area contributed by atoms with Crippen molar-refractivity contribution >= 4 is 29.6 Å². The number of carboxylic acids is 1. The summed E-state index contributed by atoms with van der Waals surface area (Å²) >= 11 is 0. The Kier molecular flexibility index (Phi) is 13.4. The standard InChI is InChI=1S/C25H39N5O8/c1-13(2)19(30-24(36)20(14(3)4)29-21(33)16(26)11-31)23(35)28-18(12-32)22(34)27-17(25(37)38)10-15-8-6-5-7-9-15/h5-9,13-14,16-20,31-32H,10-12,26H2,1-4H3,(H,27,34)(H,28,35)(H,29,33)(H,30,36)(H,37,38)/t16-,17-,18-,19-,20-/m0/s1. The number of carbonyl (C=O) groups excluding carboxylic acids is 4. The van der Waals surface area contributed by atoms with Gasteiger partial charge >= 0.3 is 5.97 Å². The van der Waals surface area contributed by atoms with Crippen molar-refractivity contribution < 1.29 is 39.3 Å². The second-order valence-electron chi connectivity index (χ2n) is 9.58. The van der Waals surface area contributed by atoms with Gasteiger partial charge in [0.15, 0.2) is 0 Å². The van der Waals surface area contributed by atoms with Crippen LogP contribution in [0.3, 0.4) is 0 Å². The minimum Gasteiger partial charge on any atom is -0.480 e. The molecule has 0 aliphatic rings. The number of carboxylic acid groups (broad SMARTS) is 1. The molecule has 0 bridgehead atoms. The van der Waals surface area contributed by atoms with Crippen molar-refractivity contribution in [2.45, 2.75) is 64.3 Å². The number of benzene rings is 1. The molecule has 38 heavy (non-hydrogen) atoms. The minimum atomic E-state index is -1.48. The summed E-state index contributed by atoms with van der Waals surface area (Å²) in [5, 5.41) is 38.0. The molecular weight excluding hydrogens is 498 g/mol. The first-order valence-corrected chi connectivity index (χ1v) is 12.3. The first-order valence-electron chi connectivity index (χ1n) is 12.3.